The first-order valence-electron chi connectivity index (χ1n) is 16.9. The van der Waals surface area contributed by atoms with Gasteiger partial charge in [-0.25, -0.2) is 0 Å². The van der Waals surface area contributed by atoms with Gasteiger partial charge in [0.15, 0.2) is 5.79 Å². The van der Waals surface area contributed by atoms with Crippen LogP contribution in [-0.4, -0.2) is 39.3 Å². The van der Waals surface area contributed by atoms with Crippen LogP contribution in [0.4, 0.5) is 0 Å². The van der Waals surface area contributed by atoms with Crippen molar-refractivity contribution in [2.24, 2.45) is 56.2 Å². The summed E-state index contributed by atoms with van der Waals surface area (Å²) >= 11 is 0. The minimum Gasteiger partial charge on any atom is -0.481 e. The van der Waals surface area contributed by atoms with Gasteiger partial charge in [0, 0.05) is 17.8 Å². The van der Waals surface area contributed by atoms with E-state index in [9.17, 15) is 20.1 Å². The highest BCUT2D eigenvalue weighted by molar-refractivity contribution is 5.74. The fourth-order valence-electron chi connectivity index (χ4n) is 13.4. The highest BCUT2D eigenvalue weighted by Crippen LogP contribution is 2.80. The Morgan fingerprint density at radius 1 is 0.881 bits per heavy atom. The Kier molecular flexibility index (Phi) is 6.17. The largest absolute Gasteiger partial charge is 0.481 e. The van der Waals surface area contributed by atoms with Crippen LogP contribution >= 0.6 is 0 Å². The molecule has 42 heavy (non-hydrogen) atoms. The number of ether oxygens (including phenoxy) is 1. The van der Waals surface area contributed by atoms with Crippen LogP contribution in [0.5, 0.6) is 0 Å². The Bertz CT molecular complexity index is 1270. The van der Waals surface area contributed by atoms with Crippen molar-refractivity contribution < 1.29 is 24.9 Å². The summed E-state index contributed by atoms with van der Waals surface area (Å²) in [6, 6.07) is 10.5. The molecule has 6 aliphatic rings. The van der Waals surface area contributed by atoms with E-state index >= 15 is 0 Å². The van der Waals surface area contributed by atoms with E-state index in [1.165, 1.54) is 18.4 Å². The van der Waals surface area contributed by atoms with Crippen LogP contribution < -0.4 is 0 Å². The summed E-state index contributed by atoms with van der Waals surface area (Å²) < 4.78 is 6.67. The van der Waals surface area contributed by atoms with Gasteiger partial charge in [-0.2, -0.15) is 0 Å². The molecule has 1 heterocycles. The Labute approximate surface area is 252 Å². The summed E-state index contributed by atoms with van der Waals surface area (Å²) in [6.07, 6.45) is 9.44. The number of benzene rings is 1. The number of rotatable bonds is 3. The molecule has 1 spiro atoms. The smallest absolute Gasteiger partial charge is 0.309 e. The number of carboxylic acids is 1. The molecule has 13 atom stereocenters. The van der Waals surface area contributed by atoms with Gasteiger partial charge in [0.1, 0.15) is 0 Å². The van der Waals surface area contributed by atoms with E-state index in [1.54, 1.807) is 0 Å². The summed E-state index contributed by atoms with van der Waals surface area (Å²) in [5.41, 5.74) is 0.586. The zero-order valence-electron chi connectivity index (χ0n) is 26.8. The van der Waals surface area contributed by atoms with Gasteiger partial charge in [0.05, 0.1) is 17.6 Å². The Hall–Kier alpha value is -1.43. The molecule has 232 valence electrons. The van der Waals surface area contributed by atoms with Crippen molar-refractivity contribution in [1.29, 1.82) is 0 Å². The number of carboxylic acid groups (broad SMARTS) is 1. The van der Waals surface area contributed by atoms with Gasteiger partial charge in [-0.15, -0.1) is 0 Å². The van der Waals surface area contributed by atoms with E-state index in [1.807, 2.05) is 13.0 Å². The lowest BCUT2D eigenvalue weighted by atomic mass is 9.29. The van der Waals surface area contributed by atoms with Crippen LogP contribution in [0.3, 0.4) is 0 Å². The maximum atomic E-state index is 12.5. The van der Waals surface area contributed by atoms with Gasteiger partial charge in [0.25, 0.3) is 0 Å². The molecule has 0 amide bonds. The second-order valence-electron chi connectivity index (χ2n) is 17.4. The molecule has 1 saturated heterocycles. The number of hydrogen-bond acceptors (Lipinski definition) is 4. The number of fused-ring (bicyclic) bond motifs is 7. The van der Waals surface area contributed by atoms with Crippen LogP contribution in [0.15, 0.2) is 30.3 Å². The lowest BCUT2D eigenvalue weighted by Crippen LogP contribution is -2.71. The maximum Gasteiger partial charge on any atom is 0.309 e. The van der Waals surface area contributed by atoms with Crippen LogP contribution in [-0.2, 0) is 16.0 Å². The summed E-state index contributed by atoms with van der Waals surface area (Å²) in [7, 11) is 0. The van der Waals surface area contributed by atoms with Crippen molar-refractivity contribution in [1.82, 2.24) is 0 Å². The first kappa shape index (κ1) is 29.3. The molecule has 0 radical (unpaired) electrons. The summed E-state index contributed by atoms with van der Waals surface area (Å²) in [4.78, 5) is 12.5. The fraction of sp³-hybridized carbons (Fsp3) is 0.811. The van der Waals surface area contributed by atoms with Crippen LogP contribution in [0.2, 0.25) is 0 Å². The van der Waals surface area contributed by atoms with Crippen LogP contribution in [0.25, 0.3) is 0 Å². The number of carbonyl (C=O) groups is 1. The van der Waals surface area contributed by atoms with E-state index in [-0.39, 0.29) is 45.0 Å². The van der Waals surface area contributed by atoms with Gasteiger partial charge >= 0.3 is 5.97 Å². The van der Waals surface area contributed by atoms with Crippen molar-refractivity contribution in [2.45, 2.75) is 130 Å². The quantitative estimate of drug-likeness (QED) is 0.352. The van der Waals surface area contributed by atoms with Crippen molar-refractivity contribution in [3.05, 3.63) is 35.9 Å². The third-order valence-electron chi connectivity index (χ3n) is 16.0. The second-order valence-corrected chi connectivity index (χ2v) is 17.4. The molecule has 0 unspecified atom stereocenters. The molecular weight excluding hydrogens is 524 g/mol. The Morgan fingerprint density at radius 2 is 1.52 bits per heavy atom. The van der Waals surface area contributed by atoms with E-state index in [0.717, 1.165) is 51.4 Å². The standard InChI is InChI=1S/C37H54O5/c1-23-36-13-12-26-33(4,29(36)25(38)21-37(23,41)42-28(36)20-24-10-8-7-9-11-24)17-19-35(6)27-22-32(3,30(39)40)15-14-31(27,2)16-18-34(26,35)5/h7-11,23,25-29,38,41H,12-22H2,1-6H3,(H,39,40)/t23-,25-,26+,27+,28+,29-,31-,32+,33+,34+,35+,36+,37-/m0/s1. The van der Waals surface area contributed by atoms with Gasteiger partial charge in [-0.3, -0.25) is 4.79 Å². The lowest BCUT2D eigenvalue weighted by molar-refractivity contribution is -0.286. The monoisotopic (exact) mass is 578 g/mol. The van der Waals surface area contributed by atoms with Gasteiger partial charge in [-0.05, 0) is 116 Å². The highest BCUT2D eigenvalue weighted by Gasteiger charge is 2.77. The zero-order valence-corrected chi connectivity index (χ0v) is 26.8. The molecule has 6 fully saturated rings. The maximum absolute atomic E-state index is 12.5. The minimum atomic E-state index is -1.28. The van der Waals surface area contributed by atoms with Crippen molar-refractivity contribution in [3.63, 3.8) is 0 Å². The zero-order chi connectivity index (χ0) is 30.1. The topological polar surface area (TPSA) is 87.0 Å². The number of hydrogen-bond donors (Lipinski definition) is 3. The molecule has 2 bridgehead atoms. The van der Waals surface area contributed by atoms with Crippen LogP contribution in [0.1, 0.15) is 111 Å². The van der Waals surface area contributed by atoms with Crippen molar-refractivity contribution >= 4 is 5.97 Å². The van der Waals surface area contributed by atoms with Gasteiger partial charge in [-0.1, -0.05) is 65.0 Å². The predicted octanol–water partition coefficient (Wildman–Crippen LogP) is 7.23. The van der Waals surface area contributed by atoms with Crippen molar-refractivity contribution in [2.75, 3.05) is 0 Å². The van der Waals surface area contributed by atoms with Gasteiger partial charge in [0.2, 0.25) is 0 Å². The summed E-state index contributed by atoms with van der Waals surface area (Å²) in [6.45, 7) is 14.2. The average molecular weight is 579 g/mol. The fourth-order valence-corrected chi connectivity index (χ4v) is 13.4. The second kappa shape index (κ2) is 8.85. The van der Waals surface area contributed by atoms with Crippen molar-refractivity contribution in [3.8, 4) is 0 Å². The molecule has 1 aliphatic heterocycles. The predicted molar refractivity (Wildman–Crippen MR) is 162 cm³/mol. The Morgan fingerprint density at radius 3 is 2.21 bits per heavy atom. The summed E-state index contributed by atoms with van der Waals surface area (Å²) in [5.74, 6) is -1.02. The van der Waals surface area contributed by atoms with Crippen LogP contribution in [0, 0.1) is 56.2 Å². The van der Waals surface area contributed by atoms with E-state index < -0.39 is 23.3 Å². The molecule has 3 N–H and O–H groups in total. The average Bonchev–Trinajstić information content (AvgIpc) is 3.05. The molecule has 5 aliphatic carbocycles. The van der Waals surface area contributed by atoms with E-state index in [0.29, 0.717) is 18.3 Å². The summed E-state index contributed by atoms with van der Waals surface area (Å²) in [5, 5.41) is 34.2. The minimum absolute atomic E-state index is 0.0322. The molecule has 0 aromatic heterocycles. The highest BCUT2D eigenvalue weighted by atomic mass is 16.6. The molecule has 5 nitrogen and oxygen atoms in total. The molecule has 5 heteroatoms. The number of aliphatic hydroxyl groups is 2. The van der Waals surface area contributed by atoms with Gasteiger partial charge < -0.3 is 20.1 Å². The third-order valence-corrected chi connectivity index (χ3v) is 16.0. The lowest BCUT2D eigenvalue weighted by Gasteiger charge is -2.75. The van der Waals surface area contributed by atoms with E-state index in [4.69, 9.17) is 4.74 Å². The molecule has 1 aromatic carbocycles. The van der Waals surface area contributed by atoms with E-state index in [2.05, 4.69) is 58.9 Å². The molecule has 1 aromatic rings. The SMILES string of the molecule is C[C@H]1[C@@]23CC[C@@H]4[C@@](C)(CC[C@]5(C)[C@@H]6C[C@](C)(C(=O)O)CC[C@@]6(C)CC[C@]45C)[C@@H]2[C@@H](O)C[C@]1(O)O[C@@H]3Cc1ccccc1. The number of aliphatic carboxylic acids is 1. The first-order chi connectivity index (χ1) is 19.6. The number of aliphatic hydroxyl groups excluding tert-OH is 1. The third kappa shape index (κ3) is 3.45. The Balaban J connectivity index is 1.29. The normalized spacial score (nSPS) is 56.5. The molecule has 7 rings (SSSR count). The molecular formula is C37H54O5. The molecule has 5 saturated carbocycles. The first-order valence-corrected chi connectivity index (χ1v) is 16.9.